The molecule has 22 heavy (non-hydrogen) atoms. The Bertz CT molecular complexity index is 746. The van der Waals surface area contributed by atoms with Crippen molar-refractivity contribution in [1.29, 1.82) is 5.26 Å². The fourth-order valence-corrected chi connectivity index (χ4v) is 2.32. The van der Waals surface area contributed by atoms with Crippen molar-refractivity contribution >= 4 is 40.3 Å². The predicted molar refractivity (Wildman–Crippen MR) is 94.4 cm³/mol. The molecule has 0 spiro atoms. The molecule has 0 heterocycles. The summed E-state index contributed by atoms with van der Waals surface area (Å²) in [6, 6.07) is 16.4. The molecule has 0 fully saturated rings. The van der Waals surface area contributed by atoms with E-state index in [1.54, 1.807) is 43.5 Å². The van der Waals surface area contributed by atoms with Gasteiger partial charge in [-0.05, 0) is 64.6 Å². The van der Waals surface area contributed by atoms with Crippen molar-refractivity contribution in [3.05, 3.63) is 63.2 Å². The Hall–Kier alpha value is -2.33. The maximum Gasteiger partial charge on any atom is 0.266 e. The second kappa shape index (κ2) is 7.61. The van der Waals surface area contributed by atoms with Crippen molar-refractivity contribution in [3.8, 4) is 11.8 Å². The predicted octanol–water partition coefficient (Wildman–Crippen LogP) is 3.85. The average Bonchev–Trinajstić information content (AvgIpc) is 2.53. The SMILES string of the molecule is COc1ccc(/C=C(\C#N)C(=O)Nc2cccc(I)c2)cc1. The molecule has 0 saturated heterocycles. The zero-order valence-electron chi connectivity index (χ0n) is 11.8. The minimum absolute atomic E-state index is 0.0454. The Kier molecular flexibility index (Phi) is 5.55. The van der Waals surface area contributed by atoms with Crippen LogP contribution in [0, 0.1) is 14.9 Å². The first-order chi connectivity index (χ1) is 10.6. The molecule has 0 bridgehead atoms. The van der Waals surface area contributed by atoms with Crippen LogP contribution in [0.3, 0.4) is 0 Å². The molecule has 0 aliphatic heterocycles. The standard InChI is InChI=1S/C17H13IN2O2/c1-22-16-7-5-12(6-8-16)9-13(11-19)17(21)20-15-4-2-3-14(18)10-15/h2-10H,1H3,(H,20,21)/b13-9+. The number of ether oxygens (including phenoxy) is 1. The van der Waals surface area contributed by atoms with Crippen LogP contribution in [0.5, 0.6) is 5.75 Å². The summed E-state index contributed by atoms with van der Waals surface area (Å²) in [5.41, 5.74) is 1.46. The maximum absolute atomic E-state index is 12.2. The molecule has 0 aliphatic rings. The van der Waals surface area contributed by atoms with Crippen LogP contribution in [0.15, 0.2) is 54.1 Å². The largest absolute Gasteiger partial charge is 0.497 e. The normalized spacial score (nSPS) is 10.7. The van der Waals surface area contributed by atoms with Crippen LogP contribution < -0.4 is 10.1 Å². The fraction of sp³-hybridized carbons (Fsp3) is 0.0588. The van der Waals surface area contributed by atoms with E-state index in [1.165, 1.54) is 0 Å². The van der Waals surface area contributed by atoms with Gasteiger partial charge in [-0.15, -0.1) is 0 Å². The number of nitriles is 1. The lowest BCUT2D eigenvalue weighted by Gasteiger charge is -2.05. The molecule has 0 saturated carbocycles. The number of benzene rings is 2. The highest BCUT2D eigenvalue weighted by Crippen LogP contribution is 2.16. The summed E-state index contributed by atoms with van der Waals surface area (Å²) >= 11 is 2.16. The first-order valence-electron chi connectivity index (χ1n) is 6.45. The maximum atomic E-state index is 12.2. The topological polar surface area (TPSA) is 62.1 Å². The van der Waals surface area contributed by atoms with E-state index in [0.29, 0.717) is 5.69 Å². The number of amides is 1. The third-order valence-electron chi connectivity index (χ3n) is 2.87. The molecule has 0 unspecified atom stereocenters. The first kappa shape index (κ1) is 16.0. The van der Waals surface area contributed by atoms with Gasteiger partial charge in [0.25, 0.3) is 5.91 Å². The van der Waals surface area contributed by atoms with Crippen molar-refractivity contribution in [1.82, 2.24) is 0 Å². The number of hydrogen-bond donors (Lipinski definition) is 1. The van der Waals surface area contributed by atoms with Crippen molar-refractivity contribution in [2.75, 3.05) is 12.4 Å². The molecule has 0 aromatic heterocycles. The molecule has 0 aliphatic carbocycles. The number of carbonyl (C=O) groups excluding carboxylic acids is 1. The molecule has 1 amide bonds. The number of nitrogens with zero attached hydrogens (tertiary/aromatic N) is 1. The van der Waals surface area contributed by atoms with Gasteiger partial charge in [0.2, 0.25) is 0 Å². The van der Waals surface area contributed by atoms with Crippen LogP contribution in [0.4, 0.5) is 5.69 Å². The summed E-state index contributed by atoms with van der Waals surface area (Å²) in [6.07, 6.45) is 1.54. The van der Waals surface area contributed by atoms with E-state index in [0.717, 1.165) is 14.9 Å². The molecule has 110 valence electrons. The molecular weight excluding hydrogens is 391 g/mol. The molecule has 2 aromatic rings. The van der Waals surface area contributed by atoms with Crippen molar-refractivity contribution < 1.29 is 9.53 Å². The minimum atomic E-state index is -0.430. The Morgan fingerprint density at radius 2 is 2.00 bits per heavy atom. The van der Waals surface area contributed by atoms with Crippen LogP contribution in [0.2, 0.25) is 0 Å². The lowest BCUT2D eigenvalue weighted by Crippen LogP contribution is -2.13. The monoisotopic (exact) mass is 404 g/mol. The third kappa shape index (κ3) is 4.33. The molecule has 0 atom stereocenters. The average molecular weight is 404 g/mol. The number of anilines is 1. The molecule has 2 rings (SSSR count). The van der Waals surface area contributed by atoms with E-state index in [9.17, 15) is 10.1 Å². The smallest absolute Gasteiger partial charge is 0.266 e. The lowest BCUT2D eigenvalue weighted by molar-refractivity contribution is -0.112. The summed E-state index contributed by atoms with van der Waals surface area (Å²) in [7, 11) is 1.58. The second-order valence-electron chi connectivity index (χ2n) is 4.41. The molecule has 1 N–H and O–H groups in total. The van der Waals surface area contributed by atoms with E-state index in [1.807, 2.05) is 24.3 Å². The van der Waals surface area contributed by atoms with E-state index >= 15 is 0 Å². The fourth-order valence-electron chi connectivity index (χ4n) is 1.78. The van der Waals surface area contributed by atoms with Gasteiger partial charge in [-0.25, -0.2) is 0 Å². The Morgan fingerprint density at radius 3 is 2.59 bits per heavy atom. The summed E-state index contributed by atoms with van der Waals surface area (Å²) < 4.78 is 6.08. The van der Waals surface area contributed by atoms with Gasteiger partial charge < -0.3 is 10.1 Å². The Morgan fingerprint density at radius 1 is 1.27 bits per heavy atom. The zero-order chi connectivity index (χ0) is 15.9. The van der Waals surface area contributed by atoms with Gasteiger partial charge in [0.15, 0.2) is 0 Å². The molecule has 5 heteroatoms. The van der Waals surface area contributed by atoms with E-state index in [2.05, 4.69) is 27.9 Å². The minimum Gasteiger partial charge on any atom is -0.497 e. The van der Waals surface area contributed by atoms with Gasteiger partial charge in [-0.1, -0.05) is 18.2 Å². The van der Waals surface area contributed by atoms with E-state index in [-0.39, 0.29) is 5.57 Å². The van der Waals surface area contributed by atoms with Crippen molar-refractivity contribution in [2.45, 2.75) is 0 Å². The van der Waals surface area contributed by atoms with Crippen molar-refractivity contribution in [3.63, 3.8) is 0 Å². The number of carbonyl (C=O) groups is 1. The number of nitrogens with one attached hydrogen (secondary N) is 1. The van der Waals surface area contributed by atoms with Gasteiger partial charge in [0.05, 0.1) is 7.11 Å². The van der Waals surface area contributed by atoms with Crippen LogP contribution in [-0.2, 0) is 4.79 Å². The van der Waals surface area contributed by atoms with Gasteiger partial charge >= 0.3 is 0 Å². The molecular formula is C17H13IN2O2. The Labute approximate surface area is 142 Å². The second-order valence-corrected chi connectivity index (χ2v) is 5.65. The number of halogens is 1. The van der Waals surface area contributed by atoms with Crippen LogP contribution in [0.25, 0.3) is 6.08 Å². The summed E-state index contributed by atoms with van der Waals surface area (Å²) in [5, 5.41) is 11.9. The van der Waals surface area contributed by atoms with Gasteiger partial charge in [0.1, 0.15) is 17.4 Å². The highest BCUT2D eigenvalue weighted by Gasteiger charge is 2.09. The van der Waals surface area contributed by atoms with Crippen LogP contribution >= 0.6 is 22.6 Å². The lowest BCUT2D eigenvalue weighted by atomic mass is 10.1. The van der Waals surface area contributed by atoms with E-state index in [4.69, 9.17) is 4.74 Å². The highest BCUT2D eigenvalue weighted by atomic mass is 127. The molecule has 0 radical (unpaired) electrons. The zero-order valence-corrected chi connectivity index (χ0v) is 14.0. The first-order valence-corrected chi connectivity index (χ1v) is 7.53. The summed E-state index contributed by atoms with van der Waals surface area (Å²) in [5.74, 6) is 0.291. The Balaban J connectivity index is 2.17. The quantitative estimate of drug-likeness (QED) is 0.479. The molecule has 2 aromatic carbocycles. The summed E-state index contributed by atoms with van der Waals surface area (Å²) in [6.45, 7) is 0. The number of methoxy groups -OCH3 is 1. The number of rotatable bonds is 4. The van der Waals surface area contributed by atoms with Crippen LogP contribution in [0.1, 0.15) is 5.56 Å². The molecule has 4 nitrogen and oxygen atoms in total. The van der Waals surface area contributed by atoms with Crippen LogP contribution in [-0.4, -0.2) is 13.0 Å². The van der Waals surface area contributed by atoms with Gasteiger partial charge in [-0.3, -0.25) is 4.79 Å². The third-order valence-corrected chi connectivity index (χ3v) is 3.55. The van der Waals surface area contributed by atoms with Gasteiger partial charge in [-0.2, -0.15) is 5.26 Å². The highest BCUT2D eigenvalue weighted by molar-refractivity contribution is 14.1. The number of hydrogen-bond acceptors (Lipinski definition) is 3. The van der Waals surface area contributed by atoms with Gasteiger partial charge in [0, 0.05) is 9.26 Å². The van der Waals surface area contributed by atoms with E-state index < -0.39 is 5.91 Å². The van der Waals surface area contributed by atoms with Crippen molar-refractivity contribution in [2.24, 2.45) is 0 Å². The summed E-state index contributed by atoms with van der Waals surface area (Å²) in [4.78, 5) is 12.2.